The zero-order valence-corrected chi connectivity index (χ0v) is 22.1. The lowest BCUT2D eigenvalue weighted by molar-refractivity contribution is 0.0920. The minimum Gasteiger partial charge on any atom is -0.367 e. The predicted octanol–water partition coefficient (Wildman–Crippen LogP) is 4.40. The zero-order valence-electron chi connectivity index (χ0n) is 22.1. The van der Waals surface area contributed by atoms with Gasteiger partial charge in [-0.3, -0.25) is 14.5 Å². The van der Waals surface area contributed by atoms with Crippen LogP contribution in [0.25, 0.3) is 0 Å². The Morgan fingerprint density at radius 3 is 2.31 bits per heavy atom. The van der Waals surface area contributed by atoms with Gasteiger partial charge in [0.05, 0.1) is 5.69 Å². The van der Waals surface area contributed by atoms with E-state index >= 15 is 0 Å². The van der Waals surface area contributed by atoms with Crippen LogP contribution in [0.1, 0.15) is 52.0 Å². The number of halogens is 1. The molecule has 4 N–H and O–H groups in total. The Labute approximate surface area is 229 Å². The molecule has 0 bridgehead atoms. The molecule has 204 valence electrons. The fourth-order valence-corrected chi connectivity index (χ4v) is 5.44. The third-order valence-corrected chi connectivity index (χ3v) is 7.75. The lowest BCUT2D eigenvalue weighted by Gasteiger charge is -2.36. The number of nitrogens with zero attached hydrogens (tertiary/aromatic N) is 2. The molecule has 0 aromatic heterocycles. The monoisotopic (exact) mass is 529 g/mol. The lowest BCUT2D eigenvalue weighted by Crippen LogP contribution is -2.49. The second-order valence-electron chi connectivity index (χ2n) is 10.4. The first-order valence-corrected chi connectivity index (χ1v) is 13.8. The first-order valence-electron chi connectivity index (χ1n) is 13.8. The molecule has 2 aliphatic rings. The Bertz CT molecular complexity index is 1290. The highest BCUT2D eigenvalue weighted by molar-refractivity contribution is 6.05. The summed E-state index contributed by atoms with van der Waals surface area (Å²) in [7, 11) is 0. The number of piperazine rings is 1. The molecule has 2 amide bonds. The molecule has 3 aromatic rings. The molecule has 0 spiro atoms. The van der Waals surface area contributed by atoms with E-state index in [4.69, 9.17) is 5.73 Å². The van der Waals surface area contributed by atoms with Crippen molar-refractivity contribution in [2.45, 2.75) is 44.3 Å². The van der Waals surface area contributed by atoms with Crippen molar-refractivity contribution in [2.75, 3.05) is 36.4 Å². The topological polar surface area (TPSA) is 90.7 Å². The summed E-state index contributed by atoms with van der Waals surface area (Å²) in [6.07, 6.45) is 3.93. The zero-order chi connectivity index (χ0) is 27.2. The third-order valence-electron chi connectivity index (χ3n) is 7.75. The summed E-state index contributed by atoms with van der Waals surface area (Å²) in [6.45, 7) is 3.51. The van der Waals surface area contributed by atoms with E-state index in [1.54, 1.807) is 24.3 Å². The average molecular weight is 530 g/mol. The average Bonchev–Trinajstić information content (AvgIpc) is 2.96. The standard InChI is InChI=1S/C31H36FN5O2/c32-25-10-4-7-13-29(25)37-18-16-36(17-19-37)21-24-15-14-23(31(39)34-27-12-6-5-11-26(27)33)20-28(24)35-30(38)22-8-2-1-3-9-22/h1-4,7-10,13-15,20,26-27H,5-6,11-12,16-19,21,33H2,(H,34,39)(H,35,38). The van der Waals surface area contributed by atoms with E-state index in [1.807, 2.05) is 42.5 Å². The number of anilines is 2. The molecule has 3 aromatic carbocycles. The molecule has 1 saturated carbocycles. The van der Waals surface area contributed by atoms with Gasteiger partial charge in [-0.15, -0.1) is 0 Å². The Balaban J connectivity index is 1.31. The maximum absolute atomic E-state index is 14.3. The van der Waals surface area contributed by atoms with Gasteiger partial charge in [-0.05, 0) is 54.8 Å². The number of hydrogen-bond donors (Lipinski definition) is 3. The van der Waals surface area contributed by atoms with Gasteiger partial charge in [-0.25, -0.2) is 4.39 Å². The van der Waals surface area contributed by atoms with Gasteiger partial charge in [0.2, 0.25) is 0 Å². The summed E-state index contributed by atoms with van der Waals surface area (Å²) in [5, 5.41) is 6.14. The number of benzene rings is 3. The summed E-state index contributed by atoms with van der Waals surface area (Å²) >= 11 is 0. The van der Waals surface area contributed by atoms with E-state index in [2.05, 4.69) is 20.4 Å². The molecule has 1 aliphatic heterocycles. The van der Waals surface area contributed by atoms with Gasteiger partial charge in [-0.2, -0.15) is 0 Å². The van der Waals surface area contributed by atoms with Crippen molar-refractivity contribution in [1.82, 2.24) is 10.2 Å². The molecule has 0 radical (unpaired) electrons. The number of hydrogen-bond acceptors (Lipinski definition) is 5. The summed E-state index contributed by atoms with van der Waals surface area (Å²) in [6, 6.07) is 21.3. The largest absolute Gasteiger partial charge is 0.367 e. The van der Waals surface area contributed by atoms with Crippen molar-refractivity contribution in [3.8, 4) is 0 Å². The van der Waals surface area contributed by atoms with Gasteiger partial charge in [0.1, 0.15) is 5.82 Å². The first kappa shape index (κ1) is 26.8. The molecular formula is C31H36FN5O2. The minimum atomic E-state index is -0.229. The number of para-hydroxylation sites is 1. The number of amides is 2. The highest BCUT2D eigenvalue weighted by Crippen LogP contribution is 2.25. The Morgan fingerprint density at radius 2 is 1.56 bits per heavy atom. The summed E-state index contributed by atoms with van der Waals surface area (Å²) in [5.74, 6) is -0.620. The molecule has 1 aliphatic carbocycles. The van der Waals surface area contributed by atoms with E-state index < -0.39 is 0 Å². The molecule has 2 atom stereocenters. The van der Waals surface area contributed by atoms with Crippen LogP contribution in [0.15, 0.2) is 72.8 Å². The van der Waals surface area contributed by atoms with E-state index in [1.165, 1.54) is 6.07 Å². The highest BCUT2D eigenvalue weighted by atomic mass is 19.1. The quantitative estimate of drug-likeness (QED) is 0.422. The molecule has 5 rings (SSSR count). The van der Waals surface area contributed by atoms with Crippen LogP contribution in [0, 0.1) is 5.82 Å². The van der Waals surface area contributed by atoms with Crippen molar-refractivity contribution in [2.24, 2.45) is 5.73 Å². The van der Waals surface area contributed by atoms with E-state index in [9.17, 15) is 14.0 Å². The van der Waals surface area contributed by atoms with Crippen LogP contribution in [0.4, 0.5) is 15.8 Å². The van der Waals surface area contributed by atoms with Gasteiger partial charge in [-0.1, -0.05) is 49.2 Å². The smallest absolute Gasteiger partial charge is 0.255 e. The SMILES string of the molecule is NC1CCCCC1NC(=O)c1ccc(CN2CCN(c3ccccc3F)CC2)c(NC(=O)c2ccccc2)c1. The maximum atomic E-state index is 14.3. The molecule has 2 fully saturated rings. The number of nitrogens with two attached hydrogens (primary N) is 1. The van der Waals surface area contributed by atoms with Crippen LogP contribution in [0.5, 0.6) is 0 Å². The van der Waals surface area contributed by atoms with Gasteiger partial charge < -0.3 is 21.3 Å². The first-order chi connectivity index (χ1) is 19.0. The maximum Gasteiger partial charge on any atom is 0.255 e. The van der Waals surface area contributed by atoms with Crippen molar-refractivity contribution in [3.63, 3.8) is 0 Å². The van der Waals surface area contributed by atoms with Crippen molar-refractivity contribution < 1.29 is 14.0 Å². The van der Waals surface area contributed by atoms with Crippen molar-refractivity contribution >= 4 is 23.2 Å². The Morgan fingerprint density at radius 1 is 0.846 bits per heavy atom. The summed E-state index contributed by atoms with van der Waals surface area (Å²) < 4.78 is 14.3. The minimum absolute atomic E-state index is 0.0396. The lowest BCUT2D eigenvalue weighted by atomic mass is 9.91. The number of carbonyl (C=O) groups is 2. The molecule has 2 unspecified atom stereocenters. The van der Waals surface area contributed by atoms with Crippen LogP contribution in [-0.2, 0) is 6.54 Å². The molecule has 8 heteroatoms. The van der Waals surface area contributed by atoms with Crippen molar-refractivity contribution in [1.29, 1.82) is 0 Å². The van der Waals surface area contributed by atoms with Crippen LogP contribution >= 0.6 is 0 Å². The van der Waals surface area contributed by atoms with E-state index in [0.717, 1.165) is 44.3 Å². The Hall–Kier alpha value is -3.75. The molecule has 1 saturated heterocycles. The Kier molecular flexibility index (Phi) is 8.54. The summed E-state index contributed by atoms with van der Waals surface area (Å²) in [4.78, 5) is 30.5. The third kappa shape index (κ3) is 6.64. The second kappa shape index (κ2) is 12.4. The molecule has 7 nitrogen and oxygen atoms in total. The van der Waals surface area contributed by atoms with Crippen LogP contribution in [0.3, 0.4) is 0 Å². The molecular weight excluding hydrogens is 493 g/mol. The molecule has 1 heterocycles. The van der Waals surface area contributed by atoms with Gasteiger partial charge >= 0.3 is 0 Å². The normalized spacial score (nSPS) is 19.9. The van der Waals surface area contributed by atoms with Crippen LogP contribution in [-0.4, -0.2) is 55.0 Å². The number of rotatable bonds is 7. The van der Waals surface area contributed by atoms with Crippen LogP contribution in [0.2, 0.25) is 0 Å². The van der Waals surface area contributed by atoms with E-state index in [0.29, 0.717) is 42.1 Å². The summed E-state index contributed by atoms with van der Waals surface area (Å²) in [5.41, 5.74) is 9.44. The second-order valence-corrected chi connectivity index (χ2v) is 10.4. The van der Waals surface area contributed by atoms with Crippen molar-refractivity contribution in [3.05, 3.63) is 95.3 Å². The number of carbonyl (C=O) groups excluding carboxylic acids is 2. The predicted molar refractivity (Wildman–Crippen MR) is 152 cm³/mol. The fourth-order valence-electron chi connectivity index (χ4n) is 5.44. The van der Waals surface area contributed by atoms with Gasteiger partial charge in [0.25, 0.3) is 11.8 Å². The van der Waals surface area contributed by atoms with Gasteiger partial charge in [0.15, 0.2) is 0 Å². The highest BCUT2D eigenvalue weighted by Gasteiger charge is 2.25. The van der Waals surface area contributed by atoms with Gasteiger partial charge in [0, 0.05) is 61.6 Å². The number of nitrogens with one attached hydrogen (secondary N) is 2. The van der Waals surface area contributed by atoms with Crippen LogP contribution < -0.4 is 21.3 Å². The van der Waals surface area contributed by atoms with E-state index in [-0.39, 0.29) is 29.7 Å². The molecule has 39 heavy (non-hydrogen) atoms. The fraction of sp³-hybridized carbons (Fsp3) is 0.355.